The van der Waals surface area contributed by atoms with Crippen LogP contribution < -0.4 is 4.74 Å². The van der Waals surface area contributed by atoms with Gasteiger partial charge in [-0.1, -0.05) is 0 Å². The van der Waals surface area contributed by atoms with Crippen LogP contribution in [0.2, 0.25) is 0 Å². The minimum Gasteiger partial charge on any atom is -0.439 e. The van der Waals surface area contributed by atoms with Crippen molar-refractivity contribution in [2.45, 2.75) is 94.9 Å². The number of likely N-dealkylation sites (tertiary alicyclic amines) is 1. The Kier molecular flexibility index (Phi) is 8.75. The minimum atomic E-state index is -0.935. The lowest BCUT2D eigenvalue weighted by Crippen LogP contribution is -2.70. The Labute approximate surface area is 256 Å². The van der Waals surface area contributed by atoms with E-state index in [1.807, 2.05) is 25.7 Å². The number of hydrogen-bond acceptors (Lipinski definition) is 10. The highest BCUT2D eigenvalue weighted by Gasteiger charge is 2.63. The minimum absolute atomic E-state index is 0.0385. The molecule has 1 aliphatic heterocycles. The molecule has 4 aliphatic carbocycles. The molecule has 44 heavy (non-hydrogen) atoms. The van der Waals surface area contributed by atoms with Crippen molar-refractivity contribution < 1.29 is 38.3 Å². The topological polar surface area (TPSA) is 162 Å². The molecule has 2 amide bonds. The van der Waals surface area contributed by atoms with Gasteiger partial charge in [0.1, 0.15) is 18.4 Å². The van der Waals surface area contributed by atoms with E-state index in [2.05, 4.69) is 6.07 Å². The van der Waals surface area contributed by atoms with E-state index in [-0.39, 0.29) is 30.6 Å². The van der Waals surface area contributed by atoms with Crippen molar-refractivity contribution in [1.82, 2.24) is 9.80 Å². The third-order valence-electron chi connectivity index (χ3n) is 9.31. The number of non-ortho nitro benzene ring substituents is 1. The summed E-state index contributed by atoms with van der Waals surface area (Å²) in [6, 6.07) is 6.79. The fourth-order valence-corrected chi connectivity index (χ4v) is 8.36. The van der Waals surface area contributed by atoms with E-state index in [0.29, 0.717) is 31.2 Å². The van der Waals surface area contributed by atoms with E-state index in [1.54, 1.807) is 0 Å². The van der Waals surface area contributed by atoms with E-state index >= 15 is 0 Å². The summed E-state index contributed by atoms with van der Waals surface area (Å²) in [7, 11) is 0. The zero-order valence-corrected chi connectivity index (χ0v) is 25.5. The molecule has 4 bridgehead atoms. The van der Waals surface area contributed by atoms with Crippen LogP contribution in [0, 0.1) is 33.3 Å². The Morgan fingerprint density at radius 1 is 1.09 bits per heavy atom. The molecule has 13 heteroatoms. The number of amides is 2. The van der Waals surface area contributed by atoms with Crippen molar-refractivity contribution in [2.24, 2.45) is 11.8 Å². The van der Waals surface area contributed by atoms with Gasteiger partial charge in [-0.25, -0.2) is 9.59 Å². The second-order valence-electron chi connectivity index (χ2n) is 13.6. The molecule has 238 valence electrons. The molecule has 1 aromatic rings. The molecule has 2 unspecified atom stereocenters. The summed E-state index contributed by atoms with van der Waals surface area (Å²) in [5, 5.41) is 20.2. The maximum Gasteiger partial charge on any atom is 0.513 e. The van der Waals surface area contributed by atoms with E-state index in [9.17, 15) is 29.8 Å². The maximum atomic E-state index is 13.7. The summed E-state index contributed by atoms with van der Waals surface area (Å²) in [5.74, 6) is 0.508. The Balaban J connectivity index is 1.19. The van der Waals surface area contributed by atoms with Crippen molar-refractivity contribution in [3.63, 3.8) is 0 Å². The Morgan fingerprint density at radius 3 is 2.39 bits per heavy atom. The molecular formula is C31H40N4O9. The molecule has 13 nitrogen and oxygen atoms in total. The molecule has 0 spiro atoms. The van der Waals surface area contributed by atoms with Crippen LogP contribution in [-0.4, -0.2) is 82.0 Å². The number of hydrogen-bond donors (Lipinski definition) is 0. The van der Waals surface area contributed by atoms with Crippen LogP contribution in [0.4, 0.5) is 15.3 Å². The molecule has 0 N–H and O–H groups in total. The molecule has 3 atom stereocenters. The molecule has 0 radical (unpaired) electrons. The standard InChI is InChI=1S/C31H40N4O9/c1-29(2,3)34(27(37)42-19-26(36)33-10-4-5-24(33)18-32)30-14-21-13-22(15-30)17-31(16-21,20-30)43-12-11-41-28(38)44-25-8-6-23(7-9-25)35(39)40/h6-9,21-22,24H,4-5,10-17,19-20H2,1-3H3/t21?,22?,24-,30?,31?/m0/s1. The molecule has 0 aromatic heterocycles. The number of nitro groups is 1. The molecule has 1 heterocycles. The normalized spacial score (nSPS) is 28.7. The van der Waals surface area contributed by atoms with E-state index < -0.39 is 46.5 Å². The van der Waals surface area contributed by atoms with Crippen LogP contribution in [0.1, 0.15) is 72.1 Å². The van der Waals surface area contributed by atoms with Gasteiger partial charge < -0.3 is 23.8 Å². The average Bonchev–Trinajstić information content (AvgIpc) is 3.42. The lowest BCUT2D eigenvalue weighted by atomic mass is 9.50. The molecule has 6 rings (SSSR count). The summed E-state index contributed by atoms with van der Waals surface area (Å²) in [6.45, 7) is 6.11. The quantitative estimate of drug-likeness (QED) is 0.122. The smallest absolute Gasteiger partial charge is 0.439 e. The van der Waals surface area contributed by atoms with Crippen LogP contribution in [0.15, 0.2) is 24.3 Å². The van der Waals surface area contributed by atoms with Gasteiger partial charge in [0, 0.05) is 24.2 Å². The van der Waals surface area contributed by atoms with Gasteiger partial charge >= 0.3 is 12.2 Å². The fourth-order valence-electron chi connectivity index (χ4n) is 8.36. The zero-order valence-electron chi connectivity index (χ0n) is 25.5. The third-order valence-corrected chi connectivity index (χ3v) is 9.31. The highest BCUT2D eigenvalue weighted by Crippen LogP contribution is 2.61. The molecule has 1 saturated heterocycles. The number of carbonyl (C=O) groups excluding carboxylic acids is 3. The van der Waals surface area contributed by atoms with Gasteiger partial charge in [-0.3, -0.25) is 19.8 Å². The number of ether oxygens (including phenoxy) is 4. The highest BCUT2D eigenvalue weighted by molar-refractivity contribution is 5.81. The first-order valence-corrected chi connectivity index (χ1v) is 15.2. The summed E-state index contributed by atoms with van der Waals surface area (Å²) < 4.78 is 22.4. The molecule has 5 fully saturated rings. The van der Waals surface area contributed by atoms with Crippen molar-refractivity contribution >= 4 is 23.8 Å². The number of nitriles is 1. The van der Waals surface area contributed by atoms with E-state index in [4.69, 9.17) is 18.9 Å². The van der Waals surface area contributed by atoms with Gasteiger partial charge in [0.05, 0.1) is 28.7 Å². The van der Waals surface area contributed by atoms with Crippen molar-refractivity contribution in [2.75, 3.05) is 26.4 Å². The van der Waals surface area contributed by atoms with Crippen LogP contribution in [0.3, 0.4) is 0 Å². The molecule has 5 aliphatic rings. The second-order valence-corrected chi connectivity index (χ2v) is 13.6. The summed E-state index contributed by atoms with van der Waals surface area (Å²) in [5.41, 5.74) is -1.68. The molecule has 1 aromatic carbocycles. The van der Waals surface area contributed by atoms with Gasteiger partial charge in [-0.2, -0.15) is 5.26 Å². The summed E-state index contributed by atoms with van der Waals surface area (Å²) >= 11 is 0. The number of nitro benzene ring substituents is 1. The summed E-state index contributed by atoms with van der Waals surface area (Å²) in [6.07, 6.45) is 4.97. The Bertz CT molecular complexity index is 1300. The van der Waals surface area contributed by atoms with Gasteiger partial charge in [0.15, 0.2) is 6.61 Å². The Hall–Kier alpha value is -3.92. The van der Waals surface area contributed by atoms with Gasteiger partial charge in [0.2, 0.25) is 0 Å². The average molecular weight is 613 g/mol. The summed E-state index contributed by atoms with van der Waals surface area (Å²) in [4.78, 5) is 52.3. The number of nitrogens with zero attached hydrogens (tertiary/aromatic N) is 4. The first kappa shape index (κ1) is 31.5. The number of benzene rings is 1. The maximum absolute atomic E-state index is 13.7. The SMILES string of the molecule is CC(C)(C)N(C(=O)OCC(=O)N1CCC[C@H]1C#N)C12CC3CC(CC(OCCOC(=O)Oc4ccc([N+](=O)[O-])cc4)(C3)C1)C2. The Morgan fingerprint density at radius 2 is 1.77 bits per heavy atom. The first-order valence-electron chi connectivity index (χ1n) is 15.2. The van der Waals surface area contributed by atoms with E-state index in [1.165, 1.54) is 29.2 Å². The van der Waals surface area contributed by atoms with Crippen LogP contribution in [0.25, 0.3) is 0 Å². The molecule has 4 saturated carbocycles. The van der Waals surface area contributed by atoms with Gasteiger partial charge in [-0.05, 0) is 96.1 Å². The predicted octanol–water partition coefficient (Wildman–Crippen LogP) is 4.97. The number of carbonyl (C=O) groups is 3. The lowest BCUT2D eigenvalue weighted by molar-refractivity contribution is -0.384. The monoisotopic (exact) mass is 612 g/mol. The van der Waals surface area contributed by atoms with Crippen LogP contribution in [0.5, 0.6) is 5.75 Å². The zero-order chi connectivity index (χ0) is 31.7. The van der Waals surface area contributed by atoms with Crippen LogP contribution in [-0.2, 0) is 19.0 Å². The fraction of sp³-hybridized carbons (Fsp3) is 0.677. The second kappa shape index (κ2) is 12.2. The molecular weight excluding hydrogens is 572 g/mol. The van der Waals surface area contributed by atoms with Crippen molar-refractivity contribution in [1.29, 1.82) is 5.26 Å². The first-order chi connectivity index (χ1) is 20.8. The lowest BCUT2D eigenvalue weighted by Gasteiger charge is -2.65. The van der Waals surface area contributed by atoms with Gasteiger partial charge in [0.25, 0.3) is 11.6 Å². The van der Waals surface area contributed by atoms with E-state index in [0.717, 1.165) is 38.5 Å². The largest absolute Gasteiger partial charge is 0.513 e. The predicted molar refractivity (Wildman–Crippen MR) is 154 cm³/mol. The van der Waals surface area contributed by atoms with Crippen molar-refractivity contribution in [3.8, 4) is 11.8 Å². The van der Waals surface area contributed by atoms with Gasteiger partial charge in [-0.15, -0.1) is 0 Å². The number of rotatable bonds is 9. The third kappa shape index (κ3) is 6.60. The highest BCUT2D eigenvalue weighted by atomic mass is 16.7. The van der Waals surface area contributed by atoms with Crippen molar-refractivity contribution in [3.05, 3.63) is 34.4 Å². The van der Waals surface area contributed by atoms with Crippen LogP contribution >= 0.6 is 0 Å².